The van der Waals surface area contributed by atoms with Gasteiger partial charge in [-0.25, -0.2) is 8.42 Å². The molecule has 8 heteroatoms. The predicted octanol–water partition coefficient (Wildman–Crippen LogP) is 3.13. The van der Waals surface area contributed by atoms with Crippen LogP contribution in [0.1, 0.15) is 31.9 Å². The minimum atomic E-state index is -3.71. The van der Waals surface area contributed by atoms with Gasteiger partial charge in [0, 0.05) is 6.07 Å². The number of carbonyl (C=O) groups is 1. The number of sulfonamides is 1. The fourth-order valence-corrected chi connectivity index (χ4v) is 4.30. The third-order valence-corrected chi connectivity index (χ3v) is 5.79. The number of nitrogens with zero attached hydrogens (tertiary/aromatic N) is 1. The molecule has 2 aromatic rings. The molecule has 0 saturated carbocycles. The quantitative estimate of drug-likeness (QED) is 0.674. The monoisotopic (exact) mass is 420 g/mol. The van der Waals surface area contributed by atoms with Crippen LogP contribution >= 0.6 is 0 Å². The Morgan fingerprint density at radius 2 is 1.69 bits per heavy atom. The molecule has 2 unspecified atom stereocenters. The van der Waals surface area contributed by atoms with Gasteiger partial charge in [-0.15, -0.1) is 0 Å². The largest absolute Gasteiger partial charge is 0.497 e. The van der Waals surface area contributed by atoms with E-state index in [4.69, 9.17) is 9.47 Å². The summed E-state index contributed by atoms with van der Waals surface area (Å²) in [5.74, 6) is 0.863. The van der Waals surface area contributed by atoms with Crippen molar-refractivity contribution in [2.45, 2.75) is 32.4 Å². The van der Waals surface area contributed by atoms with E-state index in [9.17, 15) is 13.2 Å². The van der Waals surface area contributed by atoms with Crippen LogP contribution in [-0.2, 0) is 14.8 Å². The molecule has 0 aliphatic heterocycles. The number of carbonyl (C=O) groups excluding carboxylic acids is 1. The van der Waals surface area contributed by atoms with E-state index in [1.807, 2.05) is 31.2 Å². The second kappa shape index (κ2) is 9.65. The Kier molecular flexibility index (Phi) is 7.50. The van der Waals surface area contributed by atoms with E-state index >= 15 is 0 Å². The Morgan fingerprint density at radius 3 is 2.21 bits per heavy atom. The Bertz CT molecular complexity index is 928. The highest BCUT2D eigenvalue weighted by Crippen LogP contribution is 2.27. The Labute approximate surface area is 172 Å². The van der Waals surface area contributed by atoms with E-state index < -0.39 is 16.1 Å². The molecule has 0 saturated heterocycles. The molecule has 0 aromatic heterocycles. The summed E-state index contributed by atoms with van der Waals surface area (Å²) in [4.78, 5) is 13.0. The van der Waals surface area contributed by atoms with Crippen molar-refractivity contribution in [1.29, 1.82) is 0 Å². The second-order valence-electron chi connectivity index (χ2n) is 6.69. The van der Waals surface area contributed by atoms with E-state index in [2.05, 4.69) is 5.32 Å². The van der Waals surface area contributed by atoms with Crippen LogP contribution < -0.4 is 19.1 Å². The van der Waals surface area contributed by atoms with Gasteiger partial charge in [0.15, 0.2) is 0 Å². The van der Waals surface area contributed by atoms with Crippen molar-refractivity contribution < 1.29 is 22.7 Å². The van der Waals surface area contributed by atoms with Crippen molar-refractivity contribution in [3.8, 4) is 11.5 Å². The predicted molar refractivity (Wildman–Crippen MR) is 114 cm³/mol. The lowest BCUT2D eigenvalue weighted by Gasteiger charge is -2.31. The van der Waals surface area contributed by atoms with Gasteiger partial charge in [0.05, 0.1) is 32.2 Å². The first-order chi connectivity index (χ1) is 13.7. The van der Waals surface area contributed by atoms with Crippen molar-refractivity contribution in [3.63, 3.8) is 0 Å². The van der Waals surface area contributed by atoms with E-state index in [0.717, 1.165) is 21.9 Å². The third kappa shape index (κ3) is 5.63. The van der Waals surface area contributed by atoms with Crippen molar-refractivity contribution >= 4 is 21.6 Å². The molecule has 2 aromatic carbocycles. The fourth-order valence-electron chi connectivity index (χ4n) is 3.09. The lowest BCUT2D eigenvalue weighted by molar-refractivity contribution is -0.122. The summed E-state index contributed by atoms with van der Waals surface area (Å²) >= 11 is 0. The first kappa shape index (κ1) is 22.5. The number of rotatable bonds is 9. The van der Waals surface area contributed by atoms with Gasteiger partial charge < -0.3 is 14.8 Å². The number of anilines is 1. The SMILES string of the molecule is CCC(C(=O)NC(C)c1ccc(OC)cc1)N(c1cccc(OC)c1)S(C)(=O)=O. The summed E-state index contributed by atoms with van der Waals surface area (Å²) in [7, 11) is -0.616. The number of nitrogens with one attached hydrogen (secondary N) is 1. The number of amides is 1. The first-order valence-corrected chi connectivity index (χ1v) is 11.1. The Morgan fingerprint density at radius 1 is 1.07 bits per heavy atom. The minimum Gasteiger partial charge on any atom is -0.497 e. The average Bonchev–Trinajstić information content (AvgIpc) is 2.70. The van der Waals surface area contributed by atoms with Crippen LogP contribution in [0.4, 0.5) is 5.69 Å². The van der Waals surface area contributed by atoms with Gasteiger partial charge in [-0.05, 0) is 43.2 Å². The Hall–Kier alpha value is -2.74. The molecule has 158 valence electrons. The van der Waals surface area contributed by atoms with Gasteiger partial charge in [0.1, 0.15) is 17.5 Å². The molecule has 0 radical (unpaired) electrons. The molecule has 7 nitrogen and oxygen atoms in total. The molecular weight excluding hydrogens is 392 g/mol. The van der Waals surface area contributed by atoms with E-state index in [1.54, 1.807) is 38.3 Å². The summed E-state index contributed by atoms with van der Waals surface area (Å²) < 4.78 is 36.6. The molecule has 2 rings (SSSR count). The van der Waals surface area contributed by atoms with Crippen molar-refractivity contribution in [1.82, 2.24) is 5.32 Å². The van der Waals surface area contributed by atoms with Gasteiger partial charge in [0.25, 0.3) is 0 Å². The highest BCUT2D eigenvalue weighted by Gasteiger charge is 2.32. The number of ether oxygens (including phenoxy) is 2. The average molecular weight is 421 g/mol. The van der Waals surface area contributed by atoms with Gasteiger partial charge in [-0.2, -0.15) is 0 Å². The van der Waals surface area contributed by atoms with Gasteiger partial charge >= 0.3 is 0 Å². The molecule has 0 bridgehead atoms. The zero-order valence-electron chi connectivity index (χ0n) is 17.4. The van der Waals surface area contributed by atoms with Crippen LogP contribution in [0, 0.1) is 0 Å². The summed E-state index contributed by atoms with van der Waals surface area (Å²) in [6.07, 6.45) is 1.40. The third-order valence-electron chi connectivity index (χ3n) is 4.61. The highest BCUT2D eigenvalue weighted by atomic mass is 32.2. The van der Waals surface area contributed by atoms with Crippen molar-refractivity contribution in [2.24, 2.45) is 0 Å². The van der Waals surface area contributed by atoms with Crippen LogP contribution in [-0.4, -0.2) is 40.8 Å². The standard InChI is InChI=1S/C21H28N2O5S/c1-6-20(21(24)22-15(2)16-10-12-18(27-3)13-11-16)23(29(5,25)26)17-8-7-9-19(14-17)28-4/h7-15,20H,6H2,1-5H3,(H,22,24). The van der Waals surface area contributed by atoms with Crippen LogP contribution in [0.5, 0.6) is 11.5 Å². The maximum atomic E-state index is 13.0. The minimum absolute atomic E-state index is 0.297. The highest BCUT2D eigenvalue weighted by molar-refractivity contribution is 7.92. The normalized spacial score (nSPS) is 13.3. The van der Waals surface area contributed by atoms with Crippen LogP contribution in [0.15, 0.2) is 48.5 Å². The second-order valence-corrected chi connectivity index (χ2v) is 8.55. The number of hydrogen-bond acceptors (Lipinski definition) is 5. The van der Waals surface area contributed by atoms with Crippen LogP contribution in [0.2, 0.25) is 0 Å². The zero-order chi connectivity index (χ0) is 21.6. The van der Waals surface area contributed by atoms with Crippen LogP contribution in [0.25, 0.3) is 0 Å². The summed E-state index contributed by atoms with van der Waals surface area (Å²) in [6.45, 7) is 3.63. The molecule has 2 atom stereocenters. The fraction of sp³-hybridized carbons (Fsp3) is 0.381. The molecule has 1 N–H and O–H groups in total. The zero-order valence-corrected chi connectivity index (χ0v) is 18.2. The van der Waals surface area contributed by atoms with E-state index in [-0.39, 0.29) is 11.9 Å². The number of benzene rings is 2. The smallest absolute Gasteiger partial charge is 0.244 e. The summed E-state index contributed by atoms with van der Waals surface area (Å²) in [6, 6.07) is 12.8. The maximum absolute atomic E-state index is 13.0. The Balaban J connectivity index is 2.29. The van der Waals surface area contributed by atoms with E-state index in [0.29, 0.717) is 17.9 Å². The van der Waals surface area contributed by atoms with Gasteiger partial charge in [-0.1, -0.05) is 25.1 Å². The lowest BCUT2D eigenvalue weighted by atomic mass is 10.1. The molecule has 0 aliphatic carbocycles. The maximum Gasteiger partial charge on any atom is 0.244 e. The molecule has 0 fully saturated rings. The summed E-state index contributed by atoms with van der Waals surface area (Å²) in [5.41, 5.74) is 1.27. The van der Waals surface area contributed by atoms with Crippen molar-refractivity contribution in [2.75, 3.05) is 24.8 Å². The van der Waals surface area contributed by atoms with Gasteiger partial charge in [0.2, 0.25) is 15.9 Å². The van der Waals surface area contributed by atoms with Crippen molar-refractivity contribution in [3.05, 3.63) is 54.1 Å². The number of hydrogen-bond donors (Lipinski definition) is 1. The van der Waals surface area contributed by atoms with Crippen LogP contribution in [0.3, 0.4) is 0 Å². The molecule has 29 heavy (non-hydrogen) atoms. The molecule has 1 amide bonds. The molecular formula is C21H28N2O5S. The van der Waals surface area contributed by atoms with Gasteiger partial charge in [-0.3, -0.25) is 9.10 Å². The topological polar surface area (TPSA) is 84.9 Å². The first-order valence-electron chi connectivity index (χ1n) is 9.29. The number of methoxy groups -OCH3 is 2. The molecule has 0 spiro atoms. The molecule has 0 heterocycles. The lowest BCUT2D eigenvalue weighted by Crippen LogP contribution is -2.49. The molecule has 0 aliphatic rings. The summed E-state index contributed by atoms with van der Waals surface area (Å²) in [5, 5.41) is 2.92. The van der Waals surface area contributed by atoms with E-state index in [1.165, 1.54) is 7.11 Å².